The van der Waals surface area contributed by atoms with Gasteiger partial charge in [0, 0.05) is 10.7 Å². The fourth-order valence-corrected chi connectivity index (χ4v) is 2.35. The van der Waals surface area contributed by atoms with Crippen molar-refractivity contribution in [2.24, 2.45) is 0 Å². The number of amides is 1. The van der Waals surface area contributed by atoms with E-state index in [0.29, 0.717) is 16.4 Å². The van der Waals surface area contributed by atoms with Crippen LogP contribution >= 0.6 is 11.6 Å². The van der Waals surface area contributed by atoms with Gasteiger partial charge < -0.3 is 9.84 Å². The number of anilines is 1. The van der Waals surface area contributed by atoms with E-state index < -0.39 is 11.7 Å². The predicted octanol–water partition coefficient (Wildman–Crippen LogP) is 3.36. The quantitative estimate of drug-likeness (QED) is 0.579. The van der Waals surface area contributed by atoms with Crippen molar-refractivity contribution in [1.29, 1.82) is 0 Å². The van der Waals surface area contributed by atoms with Crippen molar-refractivity contribution in [3.63, 3.8) is 0 Å². The molecule has 0 radical (unpaired) electrons. The van der Waals surface area contributed by atoms with Crippen molar-refractivity contribution >= 4 is 23.2 Å². The second kappa shape index (κ2) is 6.96. The van der Waals surface area contributed by atoms with E-state index in [-0.39, 0.29) is 11.7 Å². The van der Waals surface area contributed by atoms with Gasteiger partial charge in [0.15, 0.2) is 5.69 Å². The number of carbonyl (C=O) groups is 1. The molecule has 4 aromatic rings. The molecule has 0 saturated heterocycles. The van der Waals surface area contributed by atoms with Gasteiger partial charge in [-0.05, 0) is 48.5 Å². The number of benzene rings is 2. The summed E-state index contributed by atoms with van der Waals surface area (Å²) in [4.78, 5) is 16.2. The normalized spacial score (nSPS) is 10.7. The van der Waals surface area contributed by atoms with Crippen molar-refractivity contribution in [3.8, 4) is 17.2 Å². The molecule has 0 aliphatic carbocycles. The van der Waals surface area contributed by atoms with Crippen molar-refractivity contribution in [3.05, 3.63) is 71.5 Å². The Morgan fingerprint density at radius 2 is 1.85 bits per heavy atom. The van der Waals surface area contributed by atoms with E-state index in [2.05, 4.69) is 25.8 Å². The van der Waals surface area contributed by atoms with Crippen LogP contribution in [0.25, 0.3) is 17.2 Å². The molecule has 0 spiro atoms. The van der Waals surface area contributed by atoms with Gasteiger partial charge in [-0.15, -0.1) is 5.10 Å². The summed E-state index contributed by atoms with van der Waals surface area (Å²) in [6.07, 6.45) is 1.59. The summed E-state index contributed by atoms with van der Waals surface area (Å²) in [6, 6.07) is 12.3. The number of hydrogen-bond donors (Lipinski definition) is 1. The lowest BCUT2D eigenvalue weighted by Crippen LogP contribution is -2.12. The fraction of sp³-hybridized carbons (Fsp3) is 0. The molecule has 0 aliphatic rings. The van der Waals surface area contributed by atoms with Gasteiger partial charge in [-0.3, -0.25) is 4.79 Å². The van der Waals surface area contributed by atoms with Crippen LogP contribution in [0.2, 0.25) is 5.02 Å². The van der Waals surface area contributed by atoms with Crippen LogP contribution in [-0.2, 0) is 0 Å². The smallest absolute Gasteiger partial charge is 0.316 e. The Hall–Kier alpha value is -3.59. The lowest BCUT2D eigenvalue weighted by Gasteiger charge is -2.00. The number of nitrogens with zero attached hydrogens (tertiary/aromatic N) is 5. The van der Waals surface area contributed by atoms with Crippen LogP contribution in [0.3, 0.4) is 0 Å². The van der Waals surface area contributed by atoms with Gasteiger partial charge in [-0.2, -0.15) is 4.98 Å². The third-order valence-corrected chi connectivity index (χ3v) is 3.79. The molecule has 0 atom stereocenters. The SMILES string of the molecule is O=C(Nc1ccc(F)cc1)c1nc(-c2cn(-c3ccc(Cl)cc3)nn2)no1. The standard InChI is InChI=1S/C17H10ClFN6O2/c18-10-1-7-13(8-2-10)25-9-14(22-24-25)15-21-17(27-23-15)16(26)20-12-5-3-11(19)4-6-12/h1-9H,(H,20,26). The molecule has 134 valence electrons. The predicted molar refractivity (Wildman–Crippen MR) is 94.0 cm³/mol. The molecule has 0 fully saturated rings. The third-order valence-electron chi connectivity index (χ3n) is 3.54. The lowest BCUT2D eigenvalue weighted by molar-refractivity contribution is 0.0981. The summed E-state index contributed by atoms with van der Waals surface area (Å²) in [7, 11) is 0. The number of aromatic nitrogens is 5. The average Bonchev–Trinajstić information content (AvgIpc) is 3.33. The number of halogens is 2. The Labute approximate surface area is 156 Å². The van der Waals surface area contributed by atoms with E-state index in [4.69, 9.17) is 16.1 Å². The molecule has 27 heavy (non-hydrogen) atoms. The van der Waals surface area contributed by atoms with Crippen LogP contribution in [0.4, 0.5) is 10.1 Å². The van der Waals surface area contributed by atoms with Gasteiger partial charge >= 0.3 is 11.8 Å². The van der Waals surface area contributed by atoms with Crippen LogP contribution in [-0.4, -0.2) is 31.0 Å². The van der Waals surface area contributed by atoms with Crippen LogP contribution in [0.1, 0.15) is 10.7 Å². The molecular formula is C17H10ClFN6O2. The monoisotopic (exact) mass is 384 g/mol. The number of rotatable bonds is 4. The minimum atomic E-state index is -0.620. The second-order valence-electron chi connectivity index (χ2n) is 5.41. The van der Waals surface area contributed by atoms with Gasteiger partial charge in [0.25, 0.3) is 0 Å². The minimum Gasteiger partial charge on any atom is -0.328 e. The molecule has 8 nitrogen and oxygen atoms in total. The number of nitrogens with one attached hydrogen (secondary N) is 1. The highest BCUT2D eigenvalue weighted by Gasteiger charge is 2.18. The topological polar surface area (TPSA) is 98.7 Å². The summed E-state index contributed by atoms with van der Waals surface area (Å²) in [6.45, 7) is 0. The Bertz CT molecular complexity index is 1090. The highest BCUT2D eigenvalue weighted by Crippen LogP contribution is 2.17. The van der Waals surface area contributed by atoms with Crippen LogP contribution in [0.5, 0.6) is 0 Å². The van der Waals surface area contributed by atoms with Crippen LogP contribution in [0, 0.1) is 5.82 Å². The molecule has 2 heterocycles. The first-order chi connectivity index (χ1) is 13.1. The molecule has 1 amide bonds. The average molecular weight is 385 g/mol. The van der Waals surface area contributed by atoms with E-state index >= 15 is 0 Å². The maximum absolute atomic E-state index is 12.9. The molecule has 2 aromatic carbocycles. The third kappa shape index (κ3) is 3.67. The summed E-state index contributed by atoms with van der Waals surface area (Å²) < 4.78 is 19.4. The highest BCUT2D eigenvalue weighted by atomic mass is 35.5. The first-order valence-corrected chi connectivity index (χ1v) is 8.05. The van der Waals surface area contributed by atoms with E-state index in [0.717, 1.165) is 5.69 Å². The molecular weight excluding hydrogens is 375 g/mol. The maximum atomic E-state index is 12.9. The summed E-state index contributed by atoms with van der Waals surface area (Å²) >= 11 is 5.86. The Balaban J connectivity index is 1.51. The van der Waals surface area contributed by atoms with Crippen molar-refractivity contribution < 1.29 is 13.7 Å². The second-order valence-corrected chi connectivity index (χ2v) is 5.85. The maximum Gasteiger partial charge on any atom is 0.316 e. The Morgan fingerprint density at radius 1 is 1.11 bits per heavy atom. The summed E-state index contributed by atoms with van der Waals surface area (Å²) in [5, 5.41) is 14.8. The molecule has 10 heteroatoms. The highest BCUT2D eigenvalue weighted by molar-refractivity contribution is 6.30. The van der Waals surface area contributed by atoms with Crippen LogP contribution < -0.4 is 5.32 Å². The van der Waals surface area contributed by atoms with Gasteiger partial charge in [0.2, 0.25) is 5.82 Å². The van der Waals surface area contributed by atoms with Crippen molar-refractivity contribution in [2.45, 2.75) is 0 Å². The van der Waals surface area contributed by atoms with Gasteiger partial charge in [0.1, 0.15) is 5.82 Å². The molecule has 2 aromatic heterocycles. The van der Waals surface area contributed by atoms with E-state index in [1.807, 2.05) is 0 Å². The van der Waals surface area contributed by atoms with Crippen molar-refractivity contribution in [1.82, 2.24) is 25.1 Å². The van der Waals surface area contributed by atoms with Crippen molar-refractivity contribution in [2.75, 3.05) is 5.32 Å². The molecule has 0 bridgehead atoms. The van der Waals surface area contributed by atoms with E-state index in [1.165, 1.54) is 28.9 Å². The molecule has 0 unspecified atom stereocenters. The molecule has 1 N–H and O–H groups in total. The largest absolute Gasteiger partial charge is 0.328 e. The number of carbonyl (C=O) groups excluding carboxylic acids is 1. The molecule has 0 aliphatic heterocycles. The van der Waals surface area contributed by atoms with E-state index in [9.17, 15) is 9.18 Å². The van der Waals surface area contributed by atoms with Gasteiger partial charge in [-0.25, -0.2) is 9.07 Å². The van der Waals surface area contributed by atoms with Gasteiger partial charge in [0.05, 0.1) is 11.9 Å². The van der Waals surface area contributed by atoms with Crippen LogP contribution in [0.15, 0.2) is 59.3 Å². The van der Waals surface area contributed by atoms with Gasteiger partial charge in [-0.1, -0.05) is 22.0 Å². The first kappa shape index (κ1) is 16.9. The summed E-state index contributed by atoms with van der Waals surface area (Å²) in [5.74, 6) is -1.17. The number of hydrogen-bond acceptors (Lipinski definition) is 6. The zero-order valence-electron chi connectivity index (χ0n) is 13.5. The summed E-state index contributed by atoms with van der Waals surface area (Å²) in [5.41, 5.74) is 1.47. The fourth-order valence-electron chi connectivity index (χ4n) is 2.22. The lowest BCUT2D eigenvalue weighted by atomic mass is 10.3. The first-order valence-electron chi connectivity index (χ1n) is 7.68. The Morgan fingerprint density at radius 3 is 2.59 bits per heavy atom. The molecule has 4 rings (SSSR count). The Kier molecular flexibility index (Phi) is 4.35. The van der Waals surface area contributed by atoms with E-state index in [1.54, 1.807) is 30.5 Å². The zero-order valence-corrected chi connectivity index (χ0v) is 14.3. The zero-order chi connectivity index (χ0) is 18.8. The molecule has 0 saturated carbocycles. The minimum absolute atomic E-state index is 0.111.